The van der Waals surface area contributed by atoms with Crippen LogP contribution in [0.15, 0.2) is 47.3 Å². The summed E-state index contributed by atoms with van der Waals surface area (Å²) in [6.07, 6.45) is 3.22. The van der Waals surface area contributed by atoms with Crippen LogP contribution in [0.1, 0.15) is 37.8 Å². The number of amides is 2. The summed E-state index contributed by atoms with van der Waals surface area (Å²) in [7, 11) is 0. The largest absolute Gasteiger partial charge is 0.484 e. The second-order valence-electron chi connectivity index (χ2n) is 9.88. The summed E-state index contributed by atoms with van der Waals surface area (Å²) >= 11 is 0. The van der Waals surface area contributed by atoms with Gasteiger partial charge in [-0.15, -0.1) is 0 Å². The van der Waals surface area contributed by atoms with Gasteiger partial charge in [-0.2, -0.15) is 0 Å². The number of anilines is 1. The van der Waals surface area contributed by atoms with Crippen LogP contribution in [0.3, 0.4) is 0 Å². The number of piperidine rings is 2. The predicted octanol–water partition coefficient (Wildman–Crippen LogP) is 0.879. The Labute approximate surface area is 199 Å². The van der Waals surface area contributed by atoms with Crippen LogP contribution in [0.4, 0.5) is 5.69 Å². The van der Waals surface area contributed by atoms with E-state index in [0.29, 0.717) is 35.9 Å². The number of rotatable bonds is 5. The van der Waals surface area contributed by atoms with E-state index in [2.05, 4.69) is 5.32 Å². The minimum Gasteiger partial charge on any atom is -0.484 e. The molecular formula is C26H33N4O4+. The Kier molecular flexibility index (Phi) is 6.41. The molecule has 3 aliphatic rings. The Morgan fingerprint density at radius 2 is 1.85 bits per heavy atom. The lowest BCUT2D eigenvalue weighted by molar-refractivity contribution is -0.937. The molecule has 180 valence electrons. The summed E-state index contributed by atoms with van der Waals surface area (Å²) in [5.41, 5.74) is 1.27. The fourth-order valence-corrected chi connectivity index (χ4v) is 5.98. The monoisotopic (exact) mass is 465 g/mol. The van der Waals surface area contributed by atoms with Gasteiger partial charge in [0.05, 0.1) is 19.1 Å². The number of ether oxygens (including phenoxy) is 1. The highest BCUT2D eigenvalue weighted by atomic mass is 16.5. The average molecular weight is 466 g/mol. The summed E-state index contributed by atoms with van der Waals surface area (Å²) in [5, 5.41) is 2.74. The quantitative estimate of drug-likeness (QED) is 0.687. The number of hydrogen-bond donors (Lipinski definition) is 2. The Bertz CT molecular complexity index is 1110. The third-order valence-corrected chi connectivity index (χ3v) is 7.65. The molecule has 1 aromatic carbocycles. The van der Waals surface area contributed by atoms with Crippen molar-refractivity contribution in [3.05, 3.63) is 58.5 Å². The van der Waals surface area contributed by atoms with E-state index in [1.807, 2.05) is 33.7 Å². The number of para-hydroxylation sites is 1. The summed E-state index contributed by atoms with van der Waals surface area (Å²) in [6, 6.07) is 13.5. The Balaban J connectivity index is 1.23. The second kappa shape index (κ2) is 9.62. The molecule has 2 bridgehead atoms. The van der Waals surface area contributed by atoms with Gasteiger partial charge >= 0.3 is 0 Å². The van der Waals surface area contributed by atoms with Crippen molar-refractivity contribution in [1.29, 1.82) is 0 Å². The van der Waals surface area contributed by atoms with Crippen molar-refractivity contribution in [3.8, 4) is 5.75 Å². The molecule has 2 fully saturated rings. The lowest BCUT2D eigenvalue weighted by Crippen LogP contribution is -3.18. The second-order valence-corrected chi connectivity index (χ2v) is 9.88. The number of likely N-dealkylation sites (tertiary alicyclic amines) is 2. The summed E-state index contributed by atoms with van der Waals surface area (Å²) in [6.45, 7) is 6.01. The number of pyridine rings is 1. The van der Waals surface area contributed by atoms with E-state index >= 15 is 0 Å². The van der Waals surface area contributed by atoms with E-state index in [4.69, 9.17) is 4.74 Å². The molecular weight excluding hydrogens is 432 g/mol. The highest BCUT2D eigenvalue weighted by molar-refractivity contribution is 5.91. The number of nitrogens with zero attached hydrogens (tertiary/aromatic N) is 2. The van der Waals surface area contributed by atoms with Crippen LogP contribution in [0.2, 0.25) is 0 Å². The molecule has 1 unspecified atom stereocenters. The predicted molar refractivity (Wildman–Crippen MR) is 128 cm³/mol. The molecule has 34 heavy (non-hydrogen) atoms. The van der Waals surface area contributed by atoms with Crippen LogP contribution < -0.4 is 20.5 Å². The number of carbonyl (C=O) groups excluding carboxylic acids is 2. The number of fused-ring (bicyclic) bond motifs is 4. The van der Waals surface area contributed by atoms with Crippen molar-refractivity contribution in [3.63, 3.8) is 0 Å². The number of benzene rings is 1. The maximum atomic E-state index is 13.2. The zero-order valence-corrected chi connectivity index (χ0v) is 19.7. The molecule has 0 aliphatic carbocycles. The topological polar surface area (TPSA) is 85.1 Å². The van der Waals surface area contributed by atoms with Crippen LogP contribution in [0.25, 0.3) is 0 Å². The van der Waals surface area contributed by atoms with Crippen molar-refractivity contribution in [2.24, 2.45) is 5.92 Å². The third-order valence-electron chi connectivity index (χ3n) is 7.65. The molecule has 2 aromatic rings. The van der Waals surface area contributed by atoms with Gasteiger partial charge < -0.3 is 24.4 Å². The Morgan fingerprint density at radius 1 is 1.09 bits per heavy atom. The van der Waals surface area contributed by atoms with Gasteiger partial charge in [-0.25, -0.2) is 0 Å². The molecule has 2 saturated heterocycles. The molecule has 2 amide bonds. The molecule has 8 nitrogen and oxygen atoms in total. The maximum Gasteiger partial charge on any atom is 0.274 e. The van der Waals surface area contributed by atoms with Crippen LogP contribution in [-0.4, -0.2) is 60.1 Å². The van der Waals surface area contributed by atoms with Crippen molar-refractivity contribution in [1.82, 2.24) is 9.47 Å². The normalized spacial score (nSPS) is 24.3. The smallest absolute Gasteiger partial charge is 0.274 e. The molecule has 0 saturated carbocycles. The zero-order valence-electron chi connectivity index (χ0n) is 19.7. The van der Waals surface area contributed by atoms with E-state index in [9.17, 15) is 14.4 Å². The minimum absolute atomic E-state index is 0.126. The van der Waals surface area contributed by atoms with Gasteiger partial charge in [0.25, 0.3) is 11.5 Å². The van der Waals surface area contributed by atoms with Crippen LogP contribution >= 0.6 is 0 Å². The van der Waals surface area contributed by atoms with E-state index < -0.39 is 0 Å². The summed E-state index contributed by atoms with van der Waals surface area (Å²) < 4.78 is 7.37. The first-order chi connectivity index (χ1) is 16.5. The fraction of sp³-hybridized carbons (Fsp3) is 0.500. The average Bonchev–Trinajstić information content (AvgIpc) is 2.85. The molecule has 2 N–H and O–H groups in total. The fourth-order valence-electron chi connectivity index (χ4n) is 5.98. The Hall–Kier alpha value is -3.13. The minimum atomic E-state index is -0.343. The SMILES string of the molecule is CC(=O)N1CCC([NH+]2C[C@@H]3C[C@H](C2)c2ccc(NC(=O)COc4ccccc4)c(=O)n2C3)CC1. The third kappa shape index (κ3) is 4.73. The number of hydrogen-bond acceptors (Lipinski definition) is 4. The number of carbonyl (C=O) groups is 2. The molecule has 5 rings (SSSR count). The highest BCUT2D eigenvalue weighted by Gasteiger charge is 2.41. The molecule has 3 atom stereocenters. The lowest BCUT2D eigenvalue weighted by Gasteiger charge is -2.45. The standard InChI is InChI=1S/C26H32N4O4/c1-18(31)28-11-9-21(10-12-28)29-14-19-13-20(16-29)24-8-7-23(26(33)30(24)15-19)27-25(32)17-34-22-5-3-2-4-6-22/h2-8,19-21H,9-17H2,1H3,(H,27,32)/p+1/t19-,20+/m0/s1. The first kappa shape index (κ1) is 22.7. The summed E-state index contributed by atoms with van der Waals surface area (Å²) in [5.74, 6) is 1.26. The van der Waals surface area contributed by atoms with E-state index in [1.54, 1.807) is 30.0 Å². The van der Waals surface area contributed by atoms with Crippen LogP contribution in [0.5, 0.6) is 5.75 Å². The van der Waals surface area contributed by atoms with Gasteiger partial charge in [0, 0.05) is 56.9 Å². The van der Waals surface area contributed by atoms with Crippen LogP contribution in [0, 0.1) is 5.92 Å². The molecule has 3 aliphatic heterocycles. The van der Waals surface area contributed by atoms with Crippen molar-refractivity contribution in [2.75, 3.05) is 38.1 Å². The van der Waals surface area contributed by atoms with Gasteiger partial charge in [-0.05, 0) is 30.7 Å². The van der Waals surface area contributed by atoms with Gasteiger partial charge in [-0.3, -0.25) is 14.4 Å². The first-order valence-electron chi connectivity index (χ1n) is 12.3. The molecule has 0 radical (unpaired) electrons. The zero-order chi connectivity index (χ0) is 23.7. The van der Waals surface area contributed by atoms with E-state index in [0.717, 1.165) is 51.1 Å². The number of aromatic nitrogens is 1. The molecule has 4 heterocycles. The van der Waals surface area contributed by atoms with Crippen molar-refractivity contribution >= 4 is 17.5 Å². The van der Waals surface area contributed by atoms with Gasteiger partial charge in [0.15, 0.2) is 6.61 Å². The van der Waals surface area contributed by atoms with Gasteiger partial charge in [0.2, 0.25) is 5.91 Å². The van der Waals surface area contributed by atoms with E-state index in [-0.39, 0.29) is 24.0 Å². The summed E-state index contributed by atoms with van der Waals surface area (Å²) in [4.78, 5) is 40.8. The van der Waals surface area contributed by atoms with Crippen LogP contribution in [-0.2, 0) is 16.1 Å². The molecule has 0 spiro atoms. The van der Waals surface area contributed by atoms with Crippen molar-refractivity contribution < 1.29 is 19.2 Å². The lowest BCUT2D eigenvalue weighted by atomic mass is 9.82. The molecule has 1 aromatic heterocycles. The highest BCUT2D eigenvalue weighted by Crippen LogP contribution is 2.31. The maximum absolute atomic E-state index is 13.2. The van der Waals surface area contributed by atoms with Gasteiger partial charge in [-0.1, -0.05) is 18.2 Å². The first-order valence-corrected chi connectivity index (χ1v) is 12.3. The molecule has 8 heteroatoms. The number of quaternary nitrogens is 1. The van der Waals surface area contributed by atoms with Gasteiger partial charge in [0.1, 0.15) is 11.4 Å². The number of nitrogens with one attached hydrogen (secondary N) is 2. The van der Waals surface area contributed by atoms with E-state index in [1.165, 1.54) is 0 Å². The Morgan fingerprint density at radius 3 is 2.59 bits per heavy atom. The van der Waals surface area contributed by atoms with Crippen molar-refractivity contribution in [2.45, 2.75) is 44.7 Å².